The molecular formula is C10H11F2N3O3. The first kappa shape index (κ1) is 13.7. The quantitative estimate of drug-likeness (QED) is 0.376. The van der Waals surface area contributed by atoms with Crippen LogP contribution in [0.15, 0.2) is 23.4 Å². The Morgan fingerprint density at radius 3 is 2.89 bits per heavy atom. The number of hydrazine groups is 1. The Morgan fingerprint density at radius 1 is 1.61 bits per heavy atom. The minimum atomic E-state index is -0.907. The van der Waals surface area contributed by atoms with Gasteiger partial charge in [0, 0.05) is 6.07 Å². The molecule has 6 nitrogen and oxygen atoms in total. The van der Waals surface area contributed by atoms with E-state index in [1.54, 1.807) is 6.92 Å². The van der Waals surface area contributed by atoms with Crippen LogP contribution in [0, 0.1) is 11.6 Å². The molecule has 0 atom stereocenters. The van der Waals surface area contributed by atoms with Gasteiger partial charge in [-0.15, -0.1) is 0 Å². The van der Waals surface area contributed by atoms with Crippen LogP contribution in [-0.4, -0.2) is 29.3 Å². The molecule has 0 aliphatic carbocycles. The van der Waals surface area contributed by atoms with Crippen molar-refractivity contribution in [2.45, 2.75) is 6.92 Å². The van der Waals surface area contributed by atoms with Crippen molar-refractivity contribution in [1.29, 1.82) is 0 Å². The number of hydrogen-bond acceptors (Lipinski definition) is 5. The van der Waals surface area contributed by atoms with Crippen LogP contribution < -0.4 is 5.43 Å². The van der Waals surface area contributed by atoms with E-state index < -0.39 is 17.7 Å². The van der Waals surface area contributed by atoms with E-state index >= 15 is 0 Å². The predicted octanol–water partition coefficient (Wildman–Crippen LogP) is 2.17. The number of carbonyl (C=O) groups is 1. The minimum Gasteiger partial charge on any atom is -0.448 e. The summed E-state index contributed by atoms with van der Waals surface area (Å²) < 4.78 is 30.6. The van der Waals surface area contributed by atoms with Gasteiger partial charge in [-0.25, -0.2) is 13.6 Å². The summed E-state index contributed by atoms with van der Waals surface area (Å²) in [6.45, 7) is 1.66. The Bertz CT molecular complexity index is 454. The molecule has 0 aliphatic rings. The van der Waals surface area contributed by atoms with Crippen LogP contribution in [-0.2, 0) is 4.74 Å². The number of nitrogens with zero attached hydrogens (tertiary/aromatic N) is 2. The van der Waals surface area contributed by atoms with E-state index in [1.807, 2.05) is 0 Å². The number of anilines is 1. The molecular weight excluding hydrogens is 248 g/mol. The molecule has 0 fully saturated rings. The highest BCUT2D eigenvalue weighted by Gasteiger charge is 2.15. The molecule has 0 radical (unpaired) electrons. The molecule has 0 unspecified atom stereocenters. The topological polar surface area (TPSA) is 74.2 Å². The number of benzene rings is 1. The predicted molar refractivity (Wildman–Crippen MR) is 59.1 cm³/mol. The lowest BCUT2D eigenvalue weighted by molar-refractivity contribution is 0.133. The first-order chi connectivity index (χ1) is 8.58. The van der Waals surface area contributed by atoms with Crippen LogP contribution >= 0.6 is 0 Å². The number of hydrogen-bond donors (Lipinski definition) is 2. The third-order valence-corrected chi connectivity index (χ3v) is 1.80. The molecule has 1 rings (SSSR count). The second-order valence-electron chi connectivity index (χ2n) is 3.04. The minimum absolute atomic E-state index is 0.0855. The van der Waals surface area contributed by atoms with E-state index in [9.17, 15) is 13.6 Å². The van der Waals surface area contributed by atoms with E-state index in [0.29, 0.717) is 17.4 Å². The molecule has 0 saturated carbocycles. The molecule has 1 amide bonds. The fraction of sp³-hybridized carbons (Fsp3) is 0.200. The third-order valence-electron chi connectivity index (χ3n) is 1.80. The van der Waals surface area contributed by atoms with Crippen molar-refractivity contribution in [3.8, 4) is 0 Å². The average Bonchev–Trinajstić information content (AvgIpc) is 2.32. The van der Waals surface area contributed by atoms with Gasteiger partial charge in [0.2, 0.25) is 0 Å². The highest BCUT2D eigenvalue weighted by Crippen LogP contribution is 2.15. The molecule has 18 heavy (non-hydrogen) atoms. The first-order valence-corrected chi connectivity index (χ1v) is 4.93. The van der Waals surface area contributed by atoms with Gasteiger partial charge in [-0.1, -0.05) is 5.16 Å². The van der Waals surface area contributed by atoms with Crippen molar-refractivity contribution in [2.24, 2.45) is 5.16 Å². The van der Waals surface area contributed by atoms with E-state index in [0.717, 1.165) is 12.1 Å². The van der Waals surface area contributed by atoms with Crippen molar-refractivity contribution in [2.75, 3.05) is 12.0 Å². The van der Waals surface area contributed by atoms with Gasteiger partial charge in [0.05, 0.1) is 12.3 Å². The summed E-state index contributed by atoms with van der Waals surface area (Å²) in [5, 5.41) is 11.6. The van der Waals surface area contributed by atoms with Crippen molar-refractivity contribution in [3.05, 3.63) is 29.8 Å². The van der Waals surface area contributed by atoms with Gasteiger partial charge in [-0.05, 0) is 19.1 Å². The van der Waals surface area contributed by atoms with E-state index in [-0.39, 0.29) is 12.3 Å². The number of oxime groups is 1. The molecule has 2 N–H and O–H groups in total. The Balaban J connectivity index is 2.86. The van der Waals surface area contributed by atoms with Crippen molar-refractivity contribution >= 4 is 18.1 Å². The Hall–Kier alpha value is -2.38. The maximum absolute atomic E-state index is 13.3. The summed E-state index contributed by atoms with van der Waals surface area (Å²) in [5.74, 6) is -1.66. The van der Waals surface area contributed by atoms with Crippen LogP contribution in [0.1, 0.15) is 6.92 Å². The zero-order valence-corrected chi connectivity index (χ0v) is 9.43. The van der Waals surface area contributed by atoms with Gasteiger partial charge in [-0.3, -0.25) is 5.43 Å². The lowest BCUT2D eigenvalue weighted by Crippen LogP contribution is -2.35. The summed E-state index contributed by atoms with van der Waals surface area (Å²) in [5.41, 5.74) is 2.09. The van der Waals surface area contributed by atoms with Crippen LogP contribution in [0.2, 0.25) is 0 Å². The van der Waals surface area contributed by atoms with Gasteiger partial charge in [-0.2, -0.15) is 5.01 Å². The number of halogens is 2. The highest BCUT2D eigenvalue weighted by molar-refractivity contribution is 5.84. The summed E-state index contributed by atoms with van der Waals surface area (Å²) >= 11 is 0. The number of amides is 1. The zero-order chi connectivity index (χ0) is 13.5. The molecule has 0 heterocycles. The summed E-state index contributed by atoms with van der Waals surface area (Å²) in [6.07, 6.45) is -0.222. The molecule has 0 saturated heterocycles. The average molecular weight is 259 g/mol. The first-order valence-electron chi connectivity index (χ1n) is 4.93. The fourth-order valence-corrected chi connectivity index (χ4v) is 1.08. The Kier molecular flexibility index (Phi) is 4.85. The van der Waals surface area contributed by atoms with Gasteiger partial charge in [0.25, 0.3) is 0 Å². The van der Waals surface area contributed by atoms with Gasteiger partial charge in [0.1, 0.15) is 5.82 Å². The zero-order valence-electron chi connectivity index (χ0n) is 9.43. The molecule has 0 spiro atoms. The summed E-state index contributed by atoms with van der Waals surface area (Å²) in [4.78, 5) is 11.4. The monoisotopic (exact) mass is 259 g/mol. The van der Waals surface area contributed by atoms with Crippen LogP contribution in [0.3, 0.4) is 0 Å². The molecule has 0 aliphatic heterocycles. The van der Waals surface area contributed by atoms with Gasteiger partial charge < -0.3 is 9.94 Å². The molecule has 0 aromatic heterocycles. The Morgan fingerprint density at radius 2 is 2.33 bits per heavy atom. The molecule has 98 valence electrons. The largest absolute Gasteiger partial charge is 0.448 e. The van der Waals surface area contributed by atoms with Crippen LogP contribution in [0.25, 0.3) is 0 Å². The normalized spacial score (nSPS) is 10.4. The van der Waals surface area contributed by atoms with Crippen molar-refractivity contribution in [1.82, 2.24) is 5.01 Å². The standard InChI is InChI=1S/C10H11F2N3O3/c1-2-18-10(16)15(6-13-17)14-9-4-3-7(11)5-8(9)12/h3-6,14,17H,2H2,1H3/b13-6+. The maximum atomic E-state index is 13.3. The number of ether oxygens (including phenoxy) is 1. The van der Waals surface area contributed by atoms with Gasteiger partial charge >= 0.3 is 6.09 Å². The van der Waals surface area contributed by atoms with Crippen molar-refractivity contribution in [3.63, 3.8) is 0 Å². The highest BCUT2D eigenvalue weighted by atomic mass is 19.1. The van der Waals surface area contributed by atoms with Crippen molar-refractivity contribution < 1.29 is 23.5 Å². The maximum Gasteiger partial charge on any atom is 0.434 e. The lowest BCUT2D eigenvalue weighted by atomic mass is 10.3. The number of carbonyl (C=O) groups excluding carboxylic acids is 1. The molecule has 1 aromatic carbocycles. The third kappa shape index (κ3) is 3.58. The summed E-state index contributed by atoms with van der Waals surface area (Å²) in [6, 6.07) is 2.73. The molecule has 0 bridgehead atoms. The van der Waals surface area contributed by atoms with E-state index in [1.165, 1.54) is 0 Å². The molecule has 1 aromatic rings. The fourth-order valence-electron chi connectivity index (χ4n) is 1.08. The SMILES string of the molecule is CCOC(=O)N(/C=N/O)Nc1ccc(F)cc1F. The molecule has 8 heteroatoms. The van der Waals surface area contributed by atoms with E-state index in [2.05, 4.69) is 15.3 Å². The summed E-state index contributed by atoms with van der Waals surface area (Å²) in [7, 11) is 0. The van der Waals surface area contributed by atoms with Crippen LogP contribution in [0.4, 0.5) is 19.3 Å². The van der Waals surface area contributed by atoms with E-state index in [4.69, 9.17) is 5.21 Å². The Labute approximate surface area is 101 Å². The number of rotatable bonds is 4. The lowest BCUT2D eigenvalue weighted by Gasteiger charge is -2.18. The van der Waals surface area contributed by atoms with Crippen LogP contribution in [0.5, 0.6) is 0 Å². The second kappa shape index (κ2) is 6.38. The second-order valence-corrected chi connectivity index (χ2v) is 3.04. The number of nitrogens with one attached hydrogen (secondary N) is 1. The van der Waals surface area contributed by atoms with Gasteiger partial charge in [0.15, 0.2) is 12.2 Å². The smallest absolute Gasteiger partial charge is 0.434 e.